The van der Waals surface area contributed by atoms with Crippen molar-refractivity contribution in [2.24, 2.45) is 0 Å². The van der Waals surface area contributed by atoms with Gasteiger partial charge < -0.3 is 5.73 Å². The van der Waals surface area contributed by atoms with E-state index in [1.54, 1.807) is 11.3 Å². The van der Waals surface area contributed by atoms with Gasteiger partial charge in [0.05, 0.1) is 21.1 Å². The van der Waals surface area contributed by atoms with E-state index in [-0.39, 0.29) is 0 Å². The molecule has 0 unspecified atom stereocenters. The van der Waals surface area contributed by atoms with Crippen molar-refractivity contribution in [3.05, 3.63) is 34.5 Å². The van der Waals surface area contributed by atoms with Crippen LogP contribution >= 0.6 is 11.3 Å². The first-order valence-corrected chi connectivity index (χ1v) is 6.84. The van der Waals surface area contributed by atoms with E-state index in [2.05, 4.69) is 15.0 Å². The molecule has 0 spiro atoms. The Morgan fingerprint density at radius 3 is 2.53 bits per heavy atom. The molecule has 0 radical (unpaired) electrons. The Morgan fingerprint density at radius 1 is 1.05 bits per heavy atom. The third kappa shape index (κ3) is 2.06. The summed E-state index contributed by atoms with van der Waals surface area (Å²) < 4.78 is 0. The average molecular weight is 270 g/mol. The summed E-state index contributed by atoms with van der Waals surface area (Å²) in [5, 5.41) is 1.92. The third-order valence-electron chi connectivity index (χ3n) is 2.99. The maximum absolute atomic E-state index is 6.05. The molecule has 3 aromatic rings. The van der Waals surface area contributed by atoms with E-state index < -0.39 is 0 Å². The second kappa shape index (κ2) is 4.28. The highest BCUT2D eigenvalue weighted by molar-refractivity contribution is 7.15. The minimum absolute atomic E-state index is 0.522. The van der Waals surface area contributed by atoms with Crippen molar-refractivity contribution in [1.82, 2.24) is 15.0 Å². The van der Waals surface area contributed by atoms with Crippen LogP contribution in [0.4, 0.5) is 5.82 Å². The van der Waals surface area contributed by atoms with E-state index in [0.29, 0.717) is 11.6 Å². The van der Waals surface area contributed by atoms with Crippen molar-refractivity contribution in [2.75, 3.05) is 5.73 Å². The third-order valence-corrected chi connectivity index (χ3v) is 4.06. The molecule has 0 aliphatic heterocycles. The molecule has 0 saturated heterocycles. The summed E-state index contributed by atoms with van der Waals surface area (Å²) in [6, 6.07) is 6.03. The van der Waals surface area contributed by atoms with Crippen LogP contribution in [0.15, 0.2) is 18.2 Å². The van der Waals surface area contributed by atoms with Crippen LogP contribution in [0.25, 0.3) is 21.6 Å². The van der Waals surface area contributed by atoms with Gasteiger partial charge >= 0.3 is 0 Å². The number of thiazole rings is 1. The van der Waals surface area contributed by atoms with Gasteiger partial charge in [-0.3, -0.25) is 0 Å². The standard InChI is InChI=1S/C14H14N4S/c1-7-4-5-11-10(6-7)13(15)18-14(17-11)12-8(2)16-9(3)19-12/h4-6H,1-3H3,(H2,15,17,18). The lowest BCUT2D eigenvalue weighted by atomic mass is 10.1. The zero-order valence-corrected chi connectivity index (χ0v) is 11.9. The van der Waals surface area contributed by atoms with E-state index in [0.717, 1.165) is 32.0 Å². The minimum atomic E-state index is 0.522. The highest BCUT2D eigenvalue weighted by Gasteiger charge is 2.13. The average Bonchev–Trinajstić information content (AvgIpc) is 2.69. The molecule has 0 amide bonds. The van der Waals surface area contributed by atoms with Crippen LogP contribution in [0.3, 0.4) is 0 Å². The molecule has 1 aromatic carbocycles. The smallest absolute Gasteiger partial charge is 0.174 e. The van der Waals surface area contributed by atoms with Crippen molar-refractivity contribution in [3.8, 4) is 10.7 Å². The molecule has 96 valence electrons. The van der Waals surface area contributed by atoms with Crippen LogP contribution in [0, 0.1) is 20.8 Å². The van der Waals surface area contributed by atoms with Gasteiger partial charge in [-0.15, -0.1) is 11.3 Å². The monoisotopic (exact) mass is 270 g/mol. The fourth-order valence-electron chi connectivity index (χ4n) is 2.11. The lowest BCUT2D eigenvalue weighted by Crippen LogP contribution is -1.98. The summed E-state index contributed by atoms with van der Waals surface area (Å²) in [4.78, 5) is 14.4. The summed E-state index contributed by atoms with van der Waals surface area (Å²) in [5.74, 6) is 1.19. The molecule has 0 fully saturated rings. The molecule has 0 bridgehead atoms. The number of benzene rings is 1. The molecule has 4 nitrogen and oxygen atoms in total. The first kappa shape index (κ1) is 12.0. The molecule has 3 rings (SSSR count). The number of nitrogens with two attached hydrogens (primary N) is 1. The molecule has 19 heavy (non-hydrogen) atoms. The SMILES string of the molecule is Cc1ccc2nc(-c3sc(C)nc3C)nc(N)c2c1. The van der Waals surface area contributed by atoms with Crippen LogP contribution in [0.1, 0.15) is 16.3 Å². The Labute approximate surface area is 115 Å². The fourth-order valence-corrected chi connectivity index (χ4v) is 2.96. The minimum Gasteiger partial charge on any atom is -0.383 e. The van der Waals surface area contributed by atoms with Crippen molar-refractivity contribution in [3.63, 3.8) is 0 Å². The van der Waals surface area contributed by atoms with Gasteiger partial charge in [-0.05, 0) is 32.9 Å². The molecule has 2 aromatic heterocycles. The van der Waals surface area contributed by atoms with Crippen LogP contribution in [-0.4, -0.2) is 15.0 Å². The summed E-state index contributed by atoms with van der Waals surface area (Å²) in [6.07, 6.45) is 0. The number of aryl methyl sites for hydroxylation is 3. The van der Waals surface area contributed by atoms with E-state index in [1.165, 1.54) is 0 Å². The lowest BCUT2D eigenvalue weighted by molar-refractivity contribution is 1.18. The summed E-state index contributed by atoms with van der Waals surface area (Å²) >= 11 is 1.60. The topological polar surface area (TPSA) is 64.7 Å². The van der Waals surface area contributed by atoms with Gasteiger partial charge in [-0.25, -0.2) is 15.0 Å². The van der Waals surface area contributed by atoms with Gasteiger partial charge in [0.1, 0.15) is 5.82 Å². The molecular weight excluding hydrogens is 256 g/mol. The molecular formula is C14H14N4S. The van der Waals surface area contributed by atoms with Gasteiger partial charge in [0, 0.05) is 5.39 Å². The van der Waals surface area contributed by atoms with Gasteiger partial charge in [0.25, 0.3) is 0 Å². The Hall–Kier alpha value is -2.01. The predicted octanol–water partition coefficient (Wildman–Crippen LogP) is 3.26. The van der Waals surface area contributed by atoms with Crippen LogP contribution < -0.4 is 5.73 Å². The predicted molar refractivity (Wildman–Crippen MR) is 79.3 cm³/mol. The van der Waals surface area contributed by atoms with Crippen molar-refractivity contribution >= 4 is 28.1 Å². The van der Waals surface area contributed by atoms with Crippen molar-refractivity contribution in [1.29, 1.82) is 0 Å². The zero-order valence-electron chi connectivity index (χ0n) is 11.1. The summed E-state index contributed by atoms with van der Waals surface area (Å²) in [5.41, 5.74) is 9.03. The Balaban J connectivity index is 2.26. The lowest BCUT2D eigenvalue weighted by Gasteiger charge is -2.05. The van der Waals surface area contributed by atoms with Crippen LogP contribution in [-0.2, 0) is 0 Å². The number of fused-ring (bicyclic) bond motifs is 1. The van der Waals surface area contributed by atoms with Crippen LogP contribution in [0.2, 0.25) is 0 Å². The molecule has 0 atom stereocenters. The zero-order chi connectivity index (χ0) is 13.6. The van der Waals surface area contributed by atoms with Crippen molar-refractivity contribution < 1.29 is 0 Å². The molecule has 2 heterocycles. The quantitative estimate of drug-likeness (QED) is 0.737. The van der Waals surface area contributed by atoms with E-state index in [1.807, 2.05) is 39.0 Å². The Morgan fingerprint density at radius 2 is 1.84 bits per heavy atom. The molecule has 0 aliphatic carbocycles. The normalized spacial score (nSPS) is 11.1. The Kier molecular flexibility index (Phi) is 2.71. The first-order chi connectivity index (χ1) is 9.04. The van der Waals surface area contributed by atoms with E-state index >= 15 is 0 Å². The maximum atomic E-state index is 6.05. The van der Waals surface area contributed by atoms with Gasteiger partial charge in [-0.2, -0.15) is 0 Å². The molecule has 2 N–H and O–H groups in total. The maximum Gasteiger partial charge on any atom is 0.174 e. The number of rotatable bonds is 1. The number of hydrogen-bond donors (Lipinski definition) is 1. The van der Waals surface area contributed by atoms with Crippen LogP contribution in [0.5, 0.6) is 0 Å². The second-order valence-corrected chi connectivity index (χ2v) is 5.80. The highest BCUT2D eigenvalue weighted by atomic mass is 32.1. The molecule has 5 heteroatoms. The Bertz CT molecular complexity index is 776. The summed E-state index contributed by atoms with van der Waals surface area (Å²) in [6.45, 7) is 5.98. The van der Waals surface area contributed by atoms with Crippen molar-refractivity contribution in [2.45, 2.75) is 20.8 Å². The summed E-state index contributed by atoms with van der Waals surface area (Å²) in [7, 11) is 0. The number of hydrogen-bond acceptors (Lipinski definition) is 5. The highest BCUT2D eigenvalue weighted by Crippen LogP contribution is 2.30. The number of anilines is 1. The number of nitrogen functional groups attached to an aromatic ring is 1. The van der Waals surface area contributed by atoms with Gasteiger partial charge in [-0.1, -0.05) is 11.6 Å². The second-order valence-electron chi connectivity index (χ2n) is 4.60. The fraction of sp³-hybridized carbons (Fsp3) is 0.214. The number of nitrogens with zero attached hydrogens (tertiary/aromatic N) is 3. The van der Waals surface area contributed by atoms with E-state index in [9.17, 15) is 0 Å². The van der Waals surface area contributed by atoms with E-state index in [4.69, 9.17) is 5.73 Å². The first-order valence-electron chi connectivity index (χ1n) is 6.03. The van der Waals surface area contributed by atoms with Gasteiger partial charge in [0.2, 0.25) is 0 Å². The largest absolute Gasteiger partial charge is 0.383 e. The number of aromatic nitrogens is 3. The molecule has 0 saturated carbocycles. The van der Waals surface area contributed by atoms with Gasteiger partial charge in [0.15, 0.2) is 5.82 Å². The molecule has 0 aliphatic rings.